The van der Waals surface area contributed by atoms with Crippen LogP contribution in [0.2, 0.25) is 5.02 Å². The van der Waals surface area contributed by atoms with Gasteiger partial charge in [-0.25, -0.2) is 4.98 Å². The summed E-state index contributed by atoms with van der Waals surface area (Å²) in [5.41, 5.74) is 0.702. The molecule has 7 nitrogen and oxygen atoms in total. The first-order chi connectivity index (χ1) is 16.6. The van der Waals surface area contributed by atoms with Crippen molar-refractivity contribution in [2.45, 2.75) is 32.1 Å². The first-order valence-electron chi connectivity index (χ1n) is 10.8. The molecule has 2 heterocycles. The zero-order valence-electron chi connectivity index (χ0n) is 18.9. The van der Waals surface area contributed by atoms with Crippen LogP contribution in [-0.4, -0.2) is 34.2 Å². The minimum Gasteiger partial charge on any atom is -0.411 e. The summed E-state index contributed by atoms with van der Waals surface area (Å²) < 4.78 is 39.5. The highest BCUT2D eigenvalue weighted by Gasteiger charge is 2.30. The van der Waals surface area contributed by atoms with Crippen molar-refractivity contribution in [1.82, 2.24) is 14.6 Å². The summed E-state index contributed by atoms with van der Waals surface area (Å²) in [6.07, 6.45) is -4.06. The number of carbonyl (C=O) groups is 1. The zero-order valence-corrected chi connectivity index (χ0v) is 19.7. The molecule has 1 N–H and O–H groups in total. The number of rotatable bonds is 5. The van der Waals surface area contributed by atoms with E-state index < -0.39 is 23.3 Å². The molecule has 1 atom stereocenters. The molecule has 0 fully saturated rings. The molecule has 1 aromatic heterocycles. The number of halogens is 4. The SMILES string of the molecule is COn1c(NC(C)c2ccc(C(F)(F)F)cc2)nc2c(c1=O)CN(C(=O)c1ccc(Cl)cc1)CC2. The lowest BCUT2D eigenvalue weighted by Crippen LogP contribution is -2.42. The fourth-order valence-corrected chi connectivity index (χ4v) is 4.03. The molecule has 0 spiro atoms. The van der Waals surface area contributed by atoms with E-state index in [9.17, 15) is 22.8 Å². The number of benzene rings is 2. The number of fused-ring (bicyclic) bond motifs is 1. The van der Waals surface area contributed by atoms with Crippen LogP contribution in [0.3, 0.4) is 0 Å². The number of hydrogen-bond acceptors (Lipinski definition) is 5. The van der Waals surface area contributed by atoms with Crippen LogP contribution < -0.4 is 15.7 Å². The van der Waals surface area contributed by atoms with Crippen LogP contribution in [0.1, 0.15) is 45.7 Å². The Bertz CT molecular complexity index is 1290. The van der Waals surface area contributed by atoms with E-state index in [0.29, 0.717) is 40.4 Å². The Morgan fingerprint density at radius 2 is 1.80 bits per heavy atom. The molecule has 11 heteroatoms. The summed E-state index contributed by atoms with van der Waals surface area (Å²) >= 11 is 5.90. The van der Waals surface area contributed by atoms with Gasteiger partial charge in [0.25, 0.3) is 11.5 Å². The van der Waals surface area contributed by atoms with Crippen LogP contribution in [0.15, 0.2) is 53.3 Å². The number of hydrogen-bond donors (Lipinski definition) is 1. The molecular weight excluding hydrogens is 485 g/mol. The molecule has 1 aliphatic heterocycles. The van der Waals surface area contributed by atoms with Gasteiger partial charge in [-0.3, -0.25) is 9.59 Å². The summed E-state index contributed by atoms with van der Waals surface area (Å²) in [6, 6.07) is 10.8. The third-order valence-corrected chi connectivity index (χ3v) is 6.09. The van der Waals surface area contributed by atoms with Gasteiger partial charge in [0.05, 0.1) is 29.4 Å². The molecule has 1 aliphatic rings. The fourth-order valence-electron chi connectivity index (χ4n) is 3.91. The number of carbonyl (C=O) groups excluding carboxylic acids is 1. The van der Waals surface area contributed by atoms with Gasteiger partial charge in [-0.2, -0.15) is 13.2 Å². The van der Waals surface area contributed by atoms with Crippen molar-refractivity contribution in [3.63, 3.8) is 0 Å². The van der Waals surface area contributed by atoms with Crippen molar-refractivity contribution < 1.29 is 22.8 Å². The van der Waals surface area contributed by atoms with Gasteiger partial charge in [0.1, 0.15) is 7.11 Å². The van der Waals surface area contributed by atoms with E-state index in [1.165, 1.54) is 19.2 Å². The number of nitrogens with one attached hydrogen (secondary N) is 1. The van der Waals surface area contributed by atoms with Crippen molar-refractivity contribution >= 4 is 23.5 Å². The van der Waals surface area contributed by atoms with Gasteiger partial charge in [0.2, 0.25) is 5.95 Å². The standard InChI is InChI=1S/C24H22ClF3N4O3/c1-14(15-3-7-17(8-4-15)24(26,27)28)29-23-30-20-11-12-31(13-19(20)22(34)32(23)35-2)21(33)16-5-9-18(25)10-6-16/h3-10,14H,11-13H2,1-2H3,(H,29,30). The second-order valence-electron chi connectivity index (χ2n) is 8.11. The molecule has 0 radical (unpaired) electrons. The Kier molecular flexibility index (Phi) is 6.75. The normalized spacial score (nSPS) is 14.3. The molecule has 0 saturated carbocycles. The fraction of sp³-hybridized carbons (Fsp3) is 0.292. The van der Waals surface area contributed by atoms with E-state index in [2.05, 4.69) is 10.3 Å². The third kappa shape index (κ3) is 5.12. The number of amides is 1. The highest BCUT2D eigenvalue weighted by Crippen LogP contribution is 2.30. The molecule has 1 amide bonds. The predicted molar refractivity (Wildman–Crippen MR) is 124 cm³/mol. The molecule has 184 valence electrons. The summed E-state index contributed by atoms with van der Waals surface area (Å²) in [5.74, 6) is -0.102. The molecule has 1 unspecified atom stereocenters. The minimum atomic E-state index is -4.42. The highest BCUT2D eigenvalue weighted by molar-refractivity contribution is 6.30. The zero-order chi connectivity index (χ0) is 25.3. The lowest BCUT2D eigenvalue weighted by Gasteiger charge is -2.29. The van der Waals surface area contributed by atoms with Gasteiger partial charge < -0.3 is 15.1 Å². The van der Waals surface area contributed by atoms with Crippen LogP contribution >= 0.6 is 11.6 Å². The summed E-state index contributed by atoms with van der Waals surface area (Å²) in [5, 5.41) is 3.56. The van der Waals surface area contributed by atoms with Gasteiger partial charge in [0, 0.05) is 23.6 Å². The van der Waals surface area contributed by atoms with Crippen molar-refractivity contribution in [1.29, 1.82) is 0 Å². The second kappa shape index (κ2) is 9.61. The van der Waals surface area contributed by atoms with Gasteiger partial charge in [-0.1, -0.05) is 23.7 Å². The first kappa shape index (κ1) is 24.6. The van der Waals surface area contributed by atoms with E-state index in [1.807, 2.05) is 0 Å². The van der Waals surface area contributed by atoms with Crippen LogP contribution in [0, 0.1) is 0 Å². The lowest BCUT2D eigenvalue weighted by molar-refractivity contribution is -0.137. The molecule has 3 aromatic rings. The Balaban J connectivity index is 1.57. The molecular formula is C24H22ClF3N4O3. The average molecular weight is 507 g/mol. The van der Waals surface area contributed by atoms with E-state index in [0.717, 1.165) is 16.9 Å². The van der Waals surface area contributed by atoms with Gasteiger partial charge >= 0.3 is 6.18 Å². The van der Waals surface area contributed by atoms with Crippen molar-refractivity contribution in [2.24, 2.45) is 0 Å². The van der Waals surface area contributed by atoms with Gasteiger partial charge in [0.15, 0.2) is 0 Å². The topological polar surface area (TPSA) is 76.5 Å². The number of aromatic nitrogens is 2. The Hall–Kier alpha value is -3.53. The van der Waals surface area contributed by atoms with Gasteiger partial charge in [-0.15, -0.1) is 4.73 Å². The summed E-state index contributed by atoms with van der Waals surface area (Å²) in [7, 11) is 1.31. The Morgan fingerprint density at radius 3 is 2.40 bits per heavy atom. The molecule has 0 bridgehead atoms. The van der Waals surface area contributed by atoms with Crippen LogP contribution in [0.5, 0.6) is 0 Å². The van der Waals surface area contributed by atoms with Crippen LogP contribution in [0.25, 0.3) is 0 Å². The van der Waals surface area contributed by atoms with E-state index in [4.69, 9.17) is 16.4 Å². The lowest BCUT2D eigenvalue weighted by atomic mass is 10.1. The number of anilines is 1. The second-order valence-corrected chi connectivity index (χ2v) is 8.55. The van der Waals surface area contributed by atoms with Crippen LogP contribution in [-0.2, 0) is 19.1 Å². The first-order valence-corrected chi connectivity index (χ1v) is 11.1. The third-order valence-electron chi connectivity index (χ3n) is 5.84. The van der Waals surface area contributed by atoms with E-state index in [1.54, 1.807) is 36.1 Å². The Morgan fingerprint density at radius 1 is 1.14 bits per heavy atom. The van der Waals surface area contributed by atoms with E-state index >= 15 is 0 Å². The largest absolute Gasteiger partial charge is 0.416 e. The summed E-state index contributed by atoms with van der Waals surface area (Å²) in [4.78, 5) is 37.4. The molecule has 35 heavy (non-hydrogen) atoms. The maximum Gasteiger partial charge on any atom is 0.416 e. The molecule has 4 rings (SSSR count). The summed E-state index contributed by atoms with van der Waals surface area (Å²) in [6.45, 7) is 2.17. The monoisotopic (exact) mass is 506 g/mol. The number of nitrogens with zero attached hydrogens (tertiary/aromatic N) is 3. The van der Waals surface area contributed by atoms with Gasteiger partial charge in [-0.05, 0) is 48.9 Å². The van der Waals surface area contributed by atoms with Crippen molar-refractivity contribution in [2.75, 3.05) is 19.0 Å². The Labute approximate surface area is 204 Å². The average Bonchev–Trinajstić information content (AvgIpc) is 2.83. The van der Waals surface area contributed by atoms with E-state index in [-0.39, 0.29) is 18.4 Å². The molecule has 2 aromatic carbocycles. The smallest absolute Gasteiger partial charge is 0.411 e. The molecule has 0 aliphatic carbocycles. The molecule has 0 saturated heterocycles. The maximum atomic E-state index is 13.2. The number of alkyl halides is 3. The highest BCUT2D eigenvalue weighted by atomic mass is 35.5. The van der Waals surface area contributed by atoms with Crippen LogP contribution in [0.4, 0.5) is 19.1 Å². The quantitative estimate of drug-likeness (QED) is 0.557. The maximum absolute atomic E-state index is 13.2. The predicted octanol–water partition coefficient (Wildman–Crippen LogP) is 4.35. The van der Waals surface area contributed by atoms with Crippen molar-refractivity contribution in [3.05, 3.63) is 91.9 Å². The minimum absolute atomic E-state index is 0.0702. The van der Waals surface area contributed by atoms with Crippen molar-refractivity contribution in [3.8, 4) is 0 Å².